The fourth-order valence-corrected chi connectivity index (χ4v) is 3.28. The number of rotatable bonds is 3. The summed E-state index contributed by atoms with van der Waals surface area (Å²) in [6, 6.07) is 4.52. The molecule has 3 heterocycles. The van der Waals surface area contributed by atoms with Crippen LogP contribution in [0.2, 0.25) is 5.02 Å². The number of carbonyl (C=O) groups excluding carboxylic acids is 1. The number of amides is 2. The molecule has 0 aliphatic carbocycles. The molecule has 0 radical (unpaired) electrons. The van der Waals surface area contributed by atoms with E-state index < -0.39 is 6.03 Å². The van der Waals surface area contributed by atoms with Gasteiger partial charge in [-0.1, -0.05) is 11.6 Å². The number of carbonyl (C=O) groups is 1. The molecule has 0 fully saturated rings. The van der Waals surface area contributed by atoms with E-state index in [-0.39, 0.29) is 6.04 Å². The number of ether oxygens (including phenoxy) is 1. The summed E-state index contributed by atoms with van der Waals surface area (Å²) in [5.74, 6) is 1.47. The second-order valence-corrected chi connectivity index (χ2v) is 6.67. The van der Waals surface area contributed by atoms with Gasteiger partial charge in [-0.3, -0.25) is 15.0 Å². The molecule has 10 heteroatoms. The predicted molar refractivity (Wildman–Crippen MR) is 107 cm³/mol. The van der Waals surface area contributed by atoms with Gasteiger partial charge in [-0.05, 0) is 18.2 Å². The minimum absolute atomic E-state index is 0.0170. The van der Waals surface area contributed by atoms with E-state index in [9.17, 15) is 4.79 Å². The number of amidine groups is 2. The minimum atomic E-state index is -0.470. The van der Waals surface area contributed by atoms with Crippen molar-refractivity contribution in [1.29, 1.82) is 0 Å². The van der Waals surface area contributed by atoms with E-state index in [4.69, 9.17) is 16.3 Å². The molecular formula is C18H18ClN7O2. The Balaban J connectivity index is 1.47. The number of aromatic nitrogens is 2. The Labute approximate surface area is 166 Å². The maximum Gasteiger partial charge on any atom is 0.325 e. The smallest absolute Gasteiger partial charge is 0.325 e. The van der Waals surface area contributed by atoms with Gasteiger partial charge in [-0.25, -0.2) is 9.79 Å². The van der Waals surface area contributed by atoms with E-state index >= 15 is 0 Å². The van der Waals surface area contributed by atoms with Crippen LogP contribution in [0.3, 0.4) is 0 Å². The number of aliphatic imine (C=N–C) groups is 2. The number of hydrogen-bond acceptors (Lipinski definition) is 6. The number of hydrogen-bond donors (Lipinski definition) is 2. The molecule has 28 heavy (non-hydrogen) atoms. The standard InChI is InChI=1S/C18H18ClN7O2/c1-25-10-11(8-22-25)14-9-21-17-16(20-5-6-26(14)17)24-18(27)23-13-7-12(19)3-4-15(13)28-2/h3-8,10,14H,9H2,1-2H3,(H2,20,23,24,27). The van der Waals surface area contributed by atoms with Gasteiger partial charge < -0.3 is 15.0 Å². The van der Waals surface area contributed by atoms with Crippen molar-refractivity contribution >= 4 is 35.0 Å². The van der Waals surface area contributed by atoms with Gasteiger partial charge in [0.2, 0.25) is 0 Å². The molecule has 9 nitrogen and oxygen atoms in total. The molecule has 2 aromatic rings. The molecule has 0 spiro atoms. The van der Waals surface area contributed by atoms with Crippen LogP contribution in [-0.4, -0.2) is 46.0 Å². The summed E-state index contributed by atoms with van der Waals surface area (Å²) < 4.78 is 6.99. The van der Waals surface area contributed by atoms with Crippen molar-refractivity contribution in [3.8, 4) is 5.75 Å². The number of methoxy groups -OCH3 is 1. The van der Waals surface area contributed by atoms with Crippen LogP contribution in [-0.2, 0) is 7.05 Å². The van der Waals surface area contributed by atoms with Crippen molar-refractivity contribution in [2.45, 2.75) is 6.04 Å². The van der Waals surface area contributed by atoms with Crippen LogP contribution in [0.15, 0.2) is 53.0 Å². The zero-order valence-electron chi connectivity index (χ0n) is 15.3. The Morgan fingerprint density at radius 1 is 1.36 bits per heavy atom. The fourth-order valence-electron chi connectivity index (χ4n) is 3.10. The Bertz CT molecular complexity index is 1010. The number of fused-ring (bicyclic) bond motifs is 1. The number of benzene rings is 1. The van der Waals surface area contributed by atoms with E-state index in [0.29, 0.717) is 34.7 Å². The lowest BCUT2D eigenvalue weighted by molar-refractivity contribution is 0.256. The molecule has 0 bridgehead atoms. The second kappa shape index (κ2) is 7.35. The third-order valence-corrected chi connectivity index (χ3v) is 4.62. The van der Waals surface area contributed by atoms with Crippen molar-refractivity contribution < 1.29 is 9.53 Å². The maximum absolute atomic E-state index is 12.5. The number of urea groups is 1. The normalized spacial score (nSPS) is 17.7. The van der Waals surface area contributed by atoms with Crippen LogP contribution in [0, 0.1) is 0 Å². The van der Waals surface area contributed by atoms with Gasteiger partial charge in [0.15, 0.2) is 11.7 Å². The average Bonchev–Trinajstić information content (AvgIpc) is 3.28. The lowest BCUT2D eigenvalue weighted by atomic mass is 10.1. The number of nitrogens with zero attached hydrogens (tertiary/aromatic N) is 5. The van der Waals surface area contributed by atoms with Crippen LogP contribution in [0.1, 0.15) is 11.6 Å². The summed E-state index contributed by atoms with van der Waals surface area (Å²) in [6.07, 6.45) is 7.23. The number of halogens is 1. The first-order chi connectivity index (χ1) is 13.5. The molecule has 2 aliphatic rings. The SMILES string of the molecule is COc1ccc(Cl)cc1NC(=O)NC1=NC=CN2C1=NCC2c1cnn(C)c1. The summed E-state index contributed by atoms with van der Waals surface area (Å²) in [5, 5.41) is 10.2. The molecule has 144 valence electrons. The molecule has 2 N–H and O–H groups in total. The van der Waals surface area contributed by atoms with Crippen molar-refractivity contribution in [3.05, 3.63) is 53.6 Å². The minimum Gasteiger partial charge on any atom is -0.495 e. The first-order valence-electron chi connectivity index (χ1n) is 8.53. The Hall–Kier alpha value is -3.33. The summed E-state index contributed by atoms with van der Waals surface area (Å²) in [7, 11) is 3.39. The molecule has 1 aromatic heterocycles. The summed E-state index contributed by atoms with van der Waals surface area (Å²) in [5.41, 5.74) is 1.50. The highest BCUT2D eigenvalue weighted by Gasteiger charge is 2.33. The van der Waals surface area contributed by atoms with Crippen LogP contribution >= 0.6 is 11.6 Å². The van der Waals surface area contributed by atoms with Gasteiger partial charge in [0.05, 0.1) is 31.6 Å². The lowest BCUT2D eigenvalue weighted by Crippen LogP contribution is -2.45. The third kappa shape index (κ3) is 3.44. The molecule has 1 atom stereocenters. The first kappa shape index (κ1) is 18.1. The van der Waals surface area contributed by atoms with E-state index in [0.717, 1.165) is 5.56 Å². The molecule has 1 aromatic carbocycles. The zero-order valence-corrected chi connectivity index (χ0v) is 16.0. The summed E-state index contributed by atoms with van der Waals surface area (Å²) in [4.78, 5) is 23.3. The Morgan fingerprint density at radius 2 is 2.21 bits per heavy atom. The topological polar surface area (TPSA) is 96.1 Å². The number of anilines is 1. The molecule has 2 amide bonds. The van der Waals surface area contributed by atoms with Crippen LogP contribution in [0.4, 0.5) is 10.5 Å². The molecule has 0 saturated heterocycles. The largest absolute Gasteiger partial charge is 0.495 e. The maximum atomic E-state index is 12.5. The number of aryl methyl sites for hydroxylation is 1. The predicted octanol–water partition coefficient (Wildman–Crippen LogP) is 2.54. The Morgan fingerprint density at radius 3 is 2.96 bits per heavy atom. The first-order valence-corrected chi connectivity index (χ1v) is 8.90. The van der Waals surface area contributed by atoms with Gasteiger partial charge in [-0.15, -0.1) is 0 Å². The number of nitrogens with one attached hydrogen (secondary N) is 2. The van der Waals surface area contributed by atoms with Crippen LogP contribution < -0.4 is 15.4 Å². The fraction of sp³-hybridized carbons (Fsp3) is 0.222. The zero-order chi connectivity index (χ0) is 19.7. The van der Waals surface area contributed by atoms with Gasteiger partial charge in [0.1, 0.15) is 5.75 Å². The van der Waals surface area contributed by atoms with Crippen molar-refractivity contribution in [1.82, 2.24) is 20.0 Å². The molecular weight excluding hydrogens is 382 g/mol. The van der Waals surface area contributed by atoms with Crippen LogP contribution in [0.5, 0.6) is 5.75 Å². The highest BCUT2D eigenvalue weighted by molar-refractivity contribution is 6.44. The quantitative estimate of drug-likeness (QED) is 0.828. The molecule has 2 aliphatic heterocycles. The van der Waals surface area contributed by atoms with Gasteiger partial charge in [-0.2, -0.15) is 5.10 Å². The summed E-state index contributed by atoms with van der Waals surface area (Å²) >= 11 is 6.01. The Kier molecular flexibility index (Phi) is 4.74. The average molecular weight is 400 g/mol. The van der Waals surface area contributed by atoms with Gasteiger partial charge >= 0.3 is 6.03 Å². The van der Waals surface area contributed by atoms with Gasteiger partial charge in [0, 0.05) is 36.2 Å². The third-order valence-electron chi connectivity index (χ3n) is 4.39. The van der Waals surface area contributed by atoms with Crippen molar-refractivity contribution in [2.24, 2.45) is 17.0 Å². The van der Waals surface area contributed by atoms with Crippen LogP contribution in [0.25, 0.3) is 0 Å². The van der Waals surface area contributed by atoms with E-state index in [1.54, 1.807) is 29.1 Å². The van der Waals surface area contributed by atoms with E-state index in [1.807, 2.05) is 30.5 Å². The monoisotopic (exact) mass is 399 g/mol. The van der Waals surface area contributed by atoms with Gasteiger partial charge in [0.25, 0.3) is 0 Å². The molecule has 4 rings (SSSR count). The second-order valence-electron chi connectivity index (χ2n) is 6.23. The van der Waals surface area contributed by atoms with E-state index in [2.05, 4.69) is 25.7 Å². The highest BCUT2D eigenvalue weighted by Crippen LogP contribution is 2.29. The summed E-state index contributed by atoms with van der Waals surface area (Å²) in [6.45, 7) is 0.551. The lowest BCUT2D eigenvalue weighted by Gasteiger charge is -2.26. The molecule has 1 unspecified atom stereocenters. The molecule has 0 saturated carbocycles. The van der Waals surface area contributed by atoms with Crippen molar-refractivity contribution in [3.63, 3.8) is 0 Å². The van der Waals surface area contributed by atoms with Crippen molar-refractivity contribution in [2.75, 3.05) is 19.0 Å². The van der Waals surface area contributed by atoms with E-state index in [1.165, 1.54) is 7.11 Å². The highest BCUT2D eigenvalue weighted by atomic mass is 35.5.